The topological polar surface area (TPSA) is 105 Å². The minimum absolute atomic E-state index is 0.0315. The molecule has 0 bridgehead atoms. The molecule has 1 saturated heterocycles. The van der Waals surface area contributed by atoms with E-state index in [0.29, 0.717) is 25.9 Å². The minimum atomic E-state index is -1.13. The highest BCUT2D eigenvalue weighted by atomic mass is 16.5. The number of piperidine rings is 1. The molecule has 2 aromatic carbocycles. The first-order valence-corrected chi connectivity index (χ1v) is 12.0. The van der Waals surface area contributed by atoms with Crippen molar-refractivity contribution in [1.82, 2.24) is 10.2 Å². The summed E-state index contributed by atoms with van der Waals surface area (Å²) in [5.41, 5.74) is 3.45. The van der Waals surface area contributed by atoms with Crippen LogP contribution in [0.4, 0.5) is 4.79 Å². The molecule has 2 amide bonds. The zero-order valence-electron chi connectivity index (χ0n) is 20.2. The molecule has 1 fully saturated rings. The summed E-state index contributed by atoms with van der Waals surface area (Å²) in [5, 5.41) is 11.5. The molecule has 1 aliphatic carbocycles. The lowest BCUT2D eigenvalue weighted by molar-refractivity contribution is -0.140. The van der Waals surface area contributed by atoms with Gasteiger partial charge in [-0.05, 0) is 48.9 Å². The highest BCUT2D eigenvalue weighted by Gasteiger charge is 2.36. The molecular formula is C27H32N2O6. The number of nitrogens with zero attached hydrogens (tertiary/aromatic N) is 1. The Balaban J connectivity index is 1.29. The normalized spacial score (nSPS) is 15.9. The summed E-state index contributed by atoms with van der Waals surface area (Å²) < 4.78 is 11.2. The molecule has 1 aliphatic heterocycles. The van der Waals surface area contributed by atoms with Gasteiger partial charge in [-0.2, -0.15) is 0 Å². The van der Waals surface area contributed by atoms with Crippen LogP contribution in [0.25, 0.3) is 11.1 Å². The van der Waals surface area contributed by atoms with Gasteiger partial charge in [-0.25, -0.2) is 4.79 Å². The number of aliphatic carboxylic acids is 1. The number of carboxylic acids is 1. The zero-order valence-corrected chi connectivity index (χ0v) is 20.2. The molecule has 2 N–H and O–H groups in total. The summed E-state index contributed by atoms with van der Waals surface area (Å²) >= 11 is 0. The average Bonchev–Trinajstić information content (AvgIpc) is 3.16. The Morgan fingerprint density at radius 3 is 2.14 bits per heavy atom. The highest BCUT2D eigenvalue weighted by molar-refractivity contribution is 5.89. The molecule has 8 heteroatoms. The van der Waals surface area contributed by atoms with E-state index in [4.69, 9.17) is 14.6 Å². The summed E-state index contributed by atoms with van der Waals surface area (Å²) in [5.74, 6) is -1.12. The maximum Gasteiger partial charge on any atom is 0.408 e. The minimum Gasteiger partial charge on any atom is -0.481 e. The standard InChI is InChI=1S/C27H32N2O6/c1-27(2,25(32)29-14-11-18(12-15-29)34-16-13-24(30)31)28-26(33)35-17-23-21-9-5-3-7-19(21)20-8-4-6-10-22(20)23/h3-10,18,23H,11-17H2,1-2H3,(H,28,33)(H,30,31). The third kappa shape index (κ3) is 5.65. The van der Waals surface area contributed by atoms with E-state index in [2.05, 4.69) is 29.6 Å². The van der Waals surface area contributed by atoms with Crippen LogP contribution in [-0.2, 0) is 19.1 Å². The number of rotatable bonds is 8. The fourth-order valence-corrected chi connectivity index (χ4v) is 4.88. The quantitative estimate of drug-likeness (QED) is 0.596. The van der Waals surface area contributed by atoms with Crippen LogP contribution in [-0.4, -0.2) is 65.9 Å². The van der Waals surface area contributed by atoms with Crippen LogP contribution in [0.2, 0.25) is 0 Å². The molecule has 2 aromatic rings. The van der Waals surface area contributed by atoms with E-state index >= 15 is 0 Å². The Bertz CT molecular complexity index is 1050. The van der Waals surface area contributed by atoms with Gasteiger partial charge in [-0.1, -0.05) is 48.5 Å². The van der Waals surface area contributed by atoms with Crippen molar-refractivity contribution >= 4 is 18.0 Å². The fourth-order valence-electron chi connectivity index (χ4n) is 4.88. The molecule has 2 aliphatic rings. The Morgan fingerprint density at radius 1 is 1.00 bits per heavy atom. The second-order valence-corrected chi connectivity index (χ2v) is 9.58. The van der Waals surface area contributed by atoms with Crippen LogP contribution in [0, 0.1) is 0 Å². The number of hydrogen-bond acceptors (Lipinski definition) is 5. The van der Waals surface area contributed by atoms with E-state index in [0.717, 1.165) is 22.3 Å². The lowest BCUT2D eigenvalue weighted by atomic mass is 9.98. The third-order valence-electron chi connectivity index (χ3n) is 6.69. The number of hydrogen-bond donors (Lipinski definition) is 2. The number of carboxylic acid groups (broad SMARTS) is 1. The number of benzene rings is 2. The molecule has 4 rings (SSSR count). The maximum absolute atomic E-state index is 13.1. The number of fused-ring (bicyclic) bond motifs is 3. The van der Waals surface area contributed by atoms with Crippen LogP contribution in [0.15, 0.2) is 48.5 Å². The van der Waals surface area contributed by atoms with Crippen LogP contribution in [0.5, 0.6) is 0 Å². The first-order chi connectivity index (χ1) is 16.8. The van der Waals surface area contributed by atoms with Crippen molar-refractivity contribution in [2.75, 3.05) is 26.3 Å². The van der Waals surface area contributed by atoms with Gasteiger partial charge >= 0.3 is 12.1 Å². The van der Waals surface area contributed by atoms with Gasteiger partial charge in [-0.15, -0.1) is 0 Å². The second kappa shape index (κ2) is 10.5. The first kappa shape index (κ1) is 24.7. The molecule has 1 heterocycles. The number of amides is 2. The van der Waals surface area contributed by atoms with Crippen LogP contribution < -0.4 is 5.32 Å². The van der Waals surface area contributed by atoms with Gasteiger partial charge in [0.2, 0.25) is 5.91 Å². The maximum atomic E-state index is 13.1. The number of carbonyl (C=O) groups excluding carboxylic acids is 2. The van der Waals surface area contributed by atoms with Gasteiger partial charge in [0.25, 0.3) is 0 Å². The number of likely N-dealkylation sites (tertiary alicyclic amines) is 1. The highest BCUT2D eigenvalue weighted by Crippen LogP contribution is 2.44. The van der Waals surface area contributed by atoms with Crippen molar-refractivity contribution < 1.29 is 29.0 Å². The van der Waals surface area contributed by atoms with E-state index in [1.54, 1.807) is 18.7 Å². The van der Waals surface area contributed by atoms with Gasteiger partial charge in [0.1, 0.15) is 12.1 Å². The molecule has 35 heavy (non-hydrogen) atoms. The van der Waals surface area contributed by atoms with Crippen molar-refractivity contribution in [3.63, 3.8) is 0 Å². The molecule has 0 atom stereocenters. The van der Waals surface area contributed by atoms with E-state index in [-0.39, 0.29) is 37.6 Å². The van der Waals surface area contributed by atoms with Crippen LogP contribution >= 0.6 is 0 Å². The van der Waals surface area contributed by atoms with Crippen molar-refractivity contribution in [2.45, 2.75) is 50.7 Å². The lowest BCUT2D eigenvalue weighted by Gasteiger charge is -2.37. The summed E-state index contributed by atoms with van der Waals surface area (Å²) in [4.78, 5) is 38.1. The predicted octanol–water partition coefficient (Wildman–Crippen LogP) is 3.79. The van der Waals surface area contributed by atoms with E-state index in [1.165, 1.54) is 0 Å². The van der Waals surface area contributed by atoms with E-state index < -0.39 is 17.6 Å². The molecule has 0 spiro atoms. The predicted molar refractivity (Wildman–Crippen MR) is 130 cm³/mol. The Kier molecular flexibility index (Phi) is 7.40. The zero-order chi connectivity index (χ0) is 25.0. The monoisotopic (exact) mass is 480 g/mol. The summed E-state index contributed by atoms with van der Waals surface area (Å²) in [6.07, 6.45) is 0.545. The second-order valence-electron chi connectivity index (χ2n) is 9.58. The van der Waals surface area contributed by atoms with Gasteiger partial charge in [0, 0.05) is 19.0 Å². The molecule has 0 unspecified atom stereocenters. The fraction of sp³-hybridized carbons (Fsp3) is 0.444. The third-order valence-corrected chi connectivity index (χ3v) is 6.69. The molecule has 0 aromatic heterocycles. The smallest absolute Gasteiger partial charge is 0.408 e. The van der Waals surface area contributed by atoms with Crippen molar-refractivity contribution in [2.24, 2.45) is 0 Å². The summed E-state index contributed by atoms with van der Waals surface area (Å²) in [6.45, 7) is 4.68. The largest absolute Gasteiger partial charge is 0.481 e. The van der Waals surface area contributed by atoms with Crippen LogP contribution in [0.3, 0.4) is 0 Å². The summed E-state index contributed by atoms with van der Waals surface area (Å²) in [6, 6.07) is 16.3. The Labute approximate surface area is 205 Å². The molecular weight excluding hydrogens is 448 g/mol. The molecule has 186 valence electrons. The van der Waals surface area contributed by atoms with E-state index in [1.807, 2.05) is 24.3 Å². The Morgan fingerprint density at radius 2 is 1.57 bits per heavy atom. The van der Waals surface area contributed by atoms with Gasteiger partial charge in [0.05, 0.1) is 19.1 Å². The van der Waals surface area contributed by atoms with Crippen molar-refractivity contribution in [3.8, 4) is 11.1 Å². The van der Waals surface area contributed by atoms with Crippen LogP contribution in [0.1, 0.15) is 50.2 Å². The van der Waals surface area contributed by atoms with E-state index in [9.17, 15) is 14.4 Å². The number of nitrogens with one attached hydrogen (secondary N) is 1. The molecule has 0 radical (unpaired) electrons. The lowest BCUT2D eigenvalue weighted by Crippen LogP contribution is -2.57. The molecule has 8 nitrogen and oxygen atoms in total. The average molecular weight is 481 g/mol. The number of alkyl carbamates (subject to hydrolysis) is 1. The number of carbonyl (C=O) groups is 3. The van der Waals surface area contributed by atoms with Crippen molar-refractivity contribution in [3.05, 3.63) is 59.7 Å². The summed E-state index contributed by atoms with van der Waals surface area (Å²) in [7, 11) is 0. The molecule has 0 saturated carbocycles. The van der Waals surface area contributed by atoms with Gasteiger partial charge < -0.3 is 24.8 Å². The Hall–Kier alpha value is -3.39. The SMILES string of the molecule is CC(C)(NC(=O)OCC1c2ccccc2-c2ccccc21)C(=O)N1CCC(OCCC(=O)O)CC1. The first-order valence-electron chi connectivity index (χ1n) is 12.0. The van der Waals surface area contributed by atoms with Gasteiger partial charge in [0.15, 0.2) is 0 Å². The van der Waals surface area contributed by atoms with Crippen molar-refractivity contribution in [1.29, 1.82) is 0 Å². The number of ether oxygens (including phenoxy) is 2. The van der Waals surface area contributed by atoms with Gasteiger partial charge in [-0.3, -0.25) is 9.59 Å².